The lowest BCUT2D eigenvalue weighted by Gasteiger charge is -2.17. The monoisotopic (exact) mass is 468 g/mol. The summed E-state index contributed by atoms with van der Waals surface area (Å²) in [7, 11) is 0. The van der Waals surface area contributed by atoms with Crippen LogP contribution in [0.25, 0.3) is 5.69 Å². The fourth-order valence-electron chi connectivity index (χ4n) is 4.12. The van der Waals surface area contributed by atoms with E-state index in [9.17, 15) is 18.8 Å². The summed E-state index contributed by atoms with van der Waals surface area (Å²) >= 11 is 0. The Labute approximate surface area is 200 Å². The van der Waals surface area contributed by atoms with E-state index in [0.717, 1.165) is 16.0 Å². The van der Waals surface area contributed by atoms with Crippen LogP contribution in [0.2, 0.25) is 0 Å². The number of fused-ring (bicyclic) bond motifs is 1. The van der Waals surface area contributed by atoms with Gasteiger partial charge in [0.2, 0.25) is 0 Å². The number of hydrogen-bond donors (Lipinski definition) is 1. The van der Waals surface area contributed by atoms with Crippen molar-refractivity contribution in [1.82, 2.24) is 9.78 Å². The van der Waals surface area contributed by atoms with E-state index in [4.69, 9.17) is 0 Å². The summed E-state index contributed by atoms with van der Waals surface area (Å²) in [5.41, 5.74) is 4.13. The zero-order valence-corrected chi connectivity index (χ0v) is 19.3. The Bertz CT molecular complexity index is 1520. The van der Waals surface area contributed by atoms with Crippen LogP contribution in [-0.4, -0.2) is 27.5 Å². The molecule has 3 amide bonds. The van der Waals surface area contributed by atoms with Gasteiger partial charge in [0.05, 0.1) is 28.2 Å². The van der Waals surface area contributed by atoms with E-state index in [-0.39, 0.29) is 22.5 Å². The smallest absolute Gasteiger partial charge is 0.266 e. The molecule has 0 aliphatic carbocycles. The van der Waals surface area contributed by atoms with Crippen molar-refractivity contribution < 1.29 is 18.8 Å². The fraction of sp³-hybridized carbons (Fsp3) is 0.111. The van der Waals surface area contributed by atoms with Crippen molar-refractivity contribution in [2.24, 2.45) is 0 Å². The maximum atomic E-state index is 13.3. The van der Waals surface area contributed by atoms with Gasteiger partial charge in [0.25, 0.3) is 17.7 Å². The van der Waals surface area contributed by atoms with Crippen molar-refractivity contribution in [3.63, 3.8) is 0 Å². The number of amides is 3. The molecular formula is C27H21FN4O3. The highest BCUT2D eigenvalue weighted by Crippen LogP contribution is 2.32. The molecule has 1 aliphatic heterocycles. The molecule has 4 aromatic rings. The number of nitrogens with one attached hydrogen (secondary N) is 1. The van der Waals surface area contributed by atoms with Crippen LogP contribution < -0.4 is 10.2 Å². The molecule has 8 heteroatoms. The van der Waals surface area contributed by atoms with Gasteiger partial charge in [-0.3, -0.25) is 14.4 Å². The first-order chi connectivity index (χ1) is 16.7. The summed E-state index contributed by atoms with van der Waals surface area (Å²) in [6.07, 6.45) is 0. The number of hydrogen-bond acceptors (Lipinski definition) is 4. The SMILES string of the molecule is Cc1ccc(C)c(N2C(=O)c3ccc(C(=O)Nc4cc(C)nn4-c4ccc(F)cc4)cc3C2=O)c1. The predicted octanol–water partition coefficient (Wildman–Crippen LogP) is 4.99. The molecule has 2 heterocycles. The Balaban J connectivity index is 1.45. The number of aryl methyl sites for hydroxylation is 3. The number of aromatic nitrogens is 2. The Kier molecular flexibility index (Phi) is 5.28. The molecule has 0 unspecified atom stereocenters. The van der Waals surface area contributed by atoms with Crippen LogP contribution in [0, 0.1) is 26.6 Å². The van der Waals surface area contributed by atoms with Crippen LogP contribution >= 0.6 is 0 Å². The summed E-state index contributed by atoms with van der Waals surface area (Å²) in [4.78, 5) is 40.5. The van der Waals surface area contributed by atoms with E-state index in [2.05, 4.69) is 10.4 Å². The fourth-order valence-corrected chi connectivity index (χ4v) is 4.12. The molecule has 0 saturated carbocycles. The lowest BCUT2D eigenvalue weighted by Crippen LogP contribution is -2.30. The van der Waals surface area contributed by atoms with Crippen LogP contribution in [0.4, 0.5) is 15.9 Å². The van der Waals surface area contributed by atoms with Crippen LogP contribution in [0.1, 0.15) is 47.9 Å². The molecule has 5 rings (SSSR count). The van der Waals surface area contributed by atoms with Gasteiger partial charge in [-0.15, -0.1) is 0 Å². The lowest BCUT2D eigenvalue weighted by molar-refractivity contribution is 0.0925. The summed E-state index contributed by atoms with van der Waals surface area (Å²) < 4.78 is 14.8. The molecule has 0 radical (unpaired) electrons. The van der Waals surface area contributed by atoms with Gasteiger partial charge in [-0.1, -0.05) is 12.1 Å². The molecule has 1 aromatic heterocycles. The third-order valence-corrected chi connectivity index (χ3v) is 5.90. The first kappa shape index (κ1) is 22.2. The van der Waals surface area contributed by atoms with Gasteiger partial charge in [0.1, 0.15) is 11.6 Å². The van der Waals surface area contributed by atoms with E-state index in [0.29, 0.717) is 22.9 Å². The van der Waals surface area contributed by atoms with E-state index in [1.807, 2.05) is 26.0 Å². The molecule has 174 valence electrons. The largest absolute Gasteiger partial charge is 0.306 e. The second-order valence-electron chi connectivity index (χ2n) is 8.51. The molecule has 35 heavy (non-hydrogen) atoms. The maximum absolute atomic E-state index is 13.3. The number of nitrogens with zero attached hydrogens (tertiary/aromatic N) is 3. The first-order valence-corrected chi connectivity index (χ1v) is 11.0. The second kappa shape index (κ2) is 8.32. The van der Waals surface area contributed by atoms with Gasteiger partial charge >= 0.3 is 0 Å². The van der Waals surface area contributed by atoms with Crippen LogP contribution in [0.5, 0.6) is 0 Å². The van der Waals surface area contributed by atoms with E-state index >= 15 is 0 Å². The van der Waals surface area contributed by atoms with E-state index in [1.165, 1.54) is 35.0 Å². The van der Waals surface area contributed by atoms with Crippen molar-refractivity contribution in [2.45, 2.75) is 20.8 Å². The minimum absolute atomic E-state index is 0.173. The highest BCUT2D eigenvalue weighted by atomic mass is 19.1. The van der Waals surface area contributed by atoms with Crippen molar-refractivity contribution in [3.05, 3.63) is 106 Å². The molecule has 0 spiro atoms. The van der Waals surface area contributed by atoms with Crippen molar-refractivity contribution in [1.29, 1.82) is 0 Å². The van der Waals surface area contributed by atoms with E-state index < -0.39 is 17.7 Å². The van der Waals surface area contributed by atoms with Crippen molar-refractivity contribution in [3.8, 4) is 5.69 Å². The summed E-state index contributed by atoms with van der Waals surface area (Å²) in [5, 5.41) is 7.17. The second-order valence-corrected chi connectivity index (χ2v) is 8.51. The molecule has 0 fully saturated rings. The van der Waals surface area contributed by atoms with Gasteiger partial charge in [-0.2, -0.15) is 5.10 Å². The lowest BCUT2D eigenvalue weighted by atomic mass is 10.1. The maximum Gasteiger partial charge on any atom is 0.266 e. The van der Waals surface area contributed by atoms with Crippen LogP contribution in [0.3, 0.4) is 0 Å². The van der Waals surface area contributed by atoms with Gasteiger partial charge in [-0.05, 0) is 80.4 Å². The van der Waals surface area contributed by atoms with Crippen molar-refractivity contribution >= 4 is 29.2 Å². The highest BCUT2D eigenvalue weighted by molar-refractivity contribution is 6.35. The average molecular weight is 468 g/mol. The third-order valence-electron chi connectivity index (χ3n) is 5.90. The highest BCUT2D eigenvalue weighted by Gasteiger charge is 2.37. The molecule has 7 nitrogen and oxygen atoms in total. The standard InChI is InChI=1S/C27H21FN4O3/c1-15-4-5-16(2)23(12-15)31-26(34)21-11-6-18(14-22(21)27(31)35)25(33)29-24-13-17(3)30-32(24)20-9-7-19(28)8-10-20/h4-14H,1-3H3,(H,29,33). The Hall–Kier alpha value is -4.59. The number of halogens is 1. The van der Waals surface area contributed by atoms with Crippen LogP contribution in [0.15, 0.2) is 66.7 Å². The van der Waals surface area contributed by atoms with Gasteiger partial charge < -0.3 is 5.32 Å². The number of anilines is 2. The molecule has 3 aromatic carbocycles. The van der Waals surface area contributed by atoms with Gasteiger partial charge in [0, 0.05) is 11.6 Å². The Morgan fingerprint density at radius 3 is 2.31 bits per heavy atom. The number of rotatable bonds is 4. The summed E-state index contributed by atoms with van der Waals surface area (Å²) in [6.45, 7) is 5.50. The number of carbonyl (C=O) groups is 3. The topological polar surface area (TPSA) is 84.3 Å². The Morgan fingerprint density at radius 2 is 1.57 bits per heavy atom. The third kappa shape index (κ3) is 3.89. The molecule has 0 bridgehead atoms. The zero-order valence-electron chi connectivity index (χ0n) is 19.3. The van der Waals surface area contributed by atoms with E-state index in [1.54, 1.807) is 31.2 Å². The quantitative estimate of drug-likeness (QED) is 0.428. The molecule has 1 N–H and O–H groups in total. The Morgan fingerprint density at radius 1 is 0.857 bits per heavy atom. The number of imide groups is 1. The number of benzene rings is 3. The minimum Gasteiger partial charge on any atom is -0.306 e. The minimum atomic E-state index is -0.472. The normalized spacial score (nSPS) is 12.7. The molecule has 1 aliphatic rings. The van der Waals surface area contributed by atoms with Gasteiger partial charge in [0.15, 0.2) is 0 Å². The summed E-state index contributed by atoms with van der Waals surface area (Å²) in [6, 6.07) is 17.4. The van der Waals surface area contributed by atoms with Crippen molar-refractivity contribution in [2.75, 3.05) is 10.2 Å². The predicted molar refractivity (Wildman–Crippen MR) is 130 cm³/mol. The number of carbonyl (C=O) groups excluding carboxylic acids is 3. The molecular weight excluding hydrogens is 447 g/mol. The van der Waals surface area contributed by atoms with Crippen LogP contribution in [-0.2, 0) is 0 Å². The average Bonchev–Trinajstić information content (AvgIpc) is 3.32. The van der Waals surface area contributed by atoms with Gasteiger partial charge in [-0.25, -0.2) is 14.0 Å². The molecule has 0 saturated heterocycles. The zero-order chi connectivity index (χ0) is 24.9. The summed E-state index contributed by atoms with van der Waals surface area (Å²) in [5.74, 6) is -1.35. The molecule has 0 atom stereocenters. The first-order valence-electron chi connectivity index (χ1n) is 11.0.